The van der Waals surface area contributed by atoms with Crippen molar-refractivity contribution in [3.05, 3.63) is 0 Å². The van der Waals surface area contributed by atoms with Gasteiger partial charge in [-0.15, -0.1) is 0 Å². The second-order valence-corrected chi connectivity index (χ2v) is 11.1. The normalized spacial score (nSPS) is 14.4. The Bertz CT molecular complexity index is 176. The molecule has 0 aromatic rings. The van der Waals surface area contributed by atoms with Gasteiger partial charge >= 0.3 is 0 Å². The summed E-state index contributed by atoms with van der Waals surface area (Å²) < 4.78 is 0. The van der Waals surface area contributed by atoms with E-state index in [1.54, 1.807) is 0 Å². The Labute approximate surface area is 187 Å². The van der Waals surface area contributed by atoms with Gasteiger partial charge in [0.1, 0.15) is 0 Å². The van der Waals surface area contributed by atoms with Gasteiger partial charge in [-0.3, -0.25) is 0 Å². The molecule has 0 saturated heterocycles. The number of unbranched alkanes of at least 4 members (excludes halogenated alkanes) is 1. The molecule has 4 atom stereocenters. The first-order chi connectivity index (χ1) is 11.6. The lowest BCUT2D eigenvalue weighted by atomic mass is 10.4. The Hall–Kier alpha value is 1.75. The van der Waals surface area contributed by atoms with Gasteiger partial charge in [-0.05, 0) is 64.6 Å². The Morgan fingerprint density at radius 3 is 1.12 bits per heavy atom. The molecule has 158 valence electrons. The molecule has 0 fully saturated rings. The summed E-state index contributed by atoms with van der Waals surface area (Å²) in [5, 5.41) is 2.31. The minimum atomic E-state index is 0.578. The van der Waals surface area contributed by atoms with Crippen molar-refractivity contribution in [3.8, 4) is 0 Å². The van der Waals surface area contributed by atoms with Crippen LogP contribution in [0.15, 0.2) is 0 Å². The van der Waals surface area contributed by atoms with Crippen LogP contribution in [0.5, 0.6) is 0 Å². The van der Waals surface area contributed by atoms with Crippen LogP contribution in [-0.4, -0.2) is 32.5 Å². The average Bonchev–Trinajstić information content (AvgIpc) is 2.55. The van der Waals surface area contributed by atoms with Gasteiger partial charge in [0.25, 0.3) is 0 Å². The molecule has 5 heteroatoms. The quantitative estimate of drug-likeness (QED) is 0.203. The van der Waals surface area contributed by atoms with Crippen LogP contribution in [0.2, 0.25) is 0 Å². The first-order valence-corrected chi connectivity index (χ1v) is 13.1. The largest absolute Gasteiger partial charge is 0.176 e. The standard InChI is InChI=1S/C8H18S2.3C4H10S/c1-3-4-6-10-7-5-8(2)9;3*1-3-4(2)5/h8-9H,3-7H2,1-2H3;3*4-5H,3H2,1-2H3. The van der Waals surface area contributed by atoms with E-state index in [9.17, 15) is 0 Å². The number of rotatable bonds is 9. The molecule has 25 heavy (non-hydrogen) atoms. The zero-order valence-electron chi connectivity index (χ0n) is 18.2. The smallest absolute Gasteiger partial charge is 0.000374 e. The second kappa shape index (κ2) is 30.5. The molecular weight excluding hydrogens is 401 g/mol. The first kappa shape index (κ1) is 34.3. The molecule has 0 aliphatic rings. The molecule has 4 unspecified atom stereocenters. The van der Waals surface area contributed by atoms with Crippen molar-refractivity contribution in [2.75, 3.05) is 11.5 Å². The minimum absolute atomic E-state index is 0.578. The predicted molar refractivity (Wildman–Crippen MR) is 142 cm³/mol. The first-order valence-electron chi connectivity index (χ1n) is 9.88. The summed E-state index contributed by atoms with van der Waals surface area (Å²) in [5.41, 5.74) is 0. The van der Waals surface area contributed by atoms with Crippen LogP contribution in [0.4, 0.5) is 0 Å². The fourth-order valence-electron chi connectivity index (χ4n) is 0.602. The highest BCUT2D eigenvalue weighted by molar-refractivity contribution is 7.99. The molecule has 0 bridgehead atoms. The van der Waals surface area contributed by atoms with Crippen molar-refractivity contribution in [3.63, 3.8) is 0 Å². The maximum Gasteiger partial charge on any atom is -0.000374 e. The van der Waals surface area contributed by atoms with E-state index in [0.717, 1.165) is 0 Å². The molecule has 0 radical (unpaired) electrons. The lowest BCUT2D eigenvalue weighted by Gasteiger charge is -2.02. The fraction of sp³-hybridized carbons (Fsp3) is 1.00. The Morgan fingerprint density at radius 1 is 0.600 bits per heavy atom. The van der Waals surface area contributed by atoms with Crippen LogP contribution in [0.3, 0.4) is 0 Å². The van der Waals surface area contributed by atoms with Crippen LogP contribution >= 0.6 is 62.3 Å². The van der Waals surface area contributed by atoms with E-state index < -0.39 is 0 Å². The molecule has 0 N–H and O–H groups in total. The highest BCUT2D eigenvalue weighted by Gasteiger charge is 1.93. The Kier molecular flexibility index (Phi) is 41.8. The van der Waals surface area contributed by atoms with Gasteiger partial charge in [-0.2, -0.15) is 62.3 Å². The molecular formula is C20H48S5. The lowest BCUT2D eigenvalue weighted by molar-refractivity contribution is 0.888. The minimum Gasteiger partial charge on any atom is -0.176 e. The summed E-state index contributed by atoms with van der Waals surface area (Å²) >= 11 is 18.7. The lowest BCUT2D eigenvalue weighted by Crippen LogP contribution is -1.93. The number of thioether (sulfide) groups is 1. The molecule has 0 aliphatic carbocycles. The number of hydrogen-bond donors (Lipinski definition) is 4. The van der Waals surface area contributed by atoms with Gasteiger partial charge in [-0.1, -0.05) is 61.8 Å². The molecule has 0 saturated carbocycles. The summed E-state index contributed by atoms with van der Waals surface area (Å²) in [6, 6.07) is 0. The van der Waals surface area contributed by atoms with Gasteiger partial charge in [0.15, 0.2) is 0 Å². The third-order valence-electron chi connectivity index (χ3n) is 3.09. The van der Waals surface area contributed by atoms with E-state index in [2.05, 4.69) is 118 Å². The zero-order chi connectivity index (χ0) is 20.7. The van der Waals surface area contributed by atoms with Crippen molar-refractivity contribution in [1.29, 1.82) is 0 Å². The summed E-state index contributed by atoms with van der Waals surface area (Å²) in [6.07, 6.45) is 7.45. The Balaban J connectivity index is -0.000000126. The van der Waals surface area contributed by atoms with Crippen molar-refractivity contribution < 1.29 is 0 Å². The molecule has 0 heterocycles. The van der Waals surface area contributed by atoms with E-state index in [-0.39, 0.29) is 0 Å². The maximum absolute atomic E-state index is 4.31. The molecule has 0 rings (SSSR count). The van der Waals surface area contributed by atoms with Gasteiger partial charge in [0.2, 0.25) is 0 Å². The van der Waals surface area contributed by atoms with Crippen LogP contribution in [0.1, 0.15) is 93.9 Å². The second-order valence-electron chi connectivity index (χ2n) is 6.38. The molecule has 0 amide bonds. The molecule has 0 spiro atoms. The van der Waals surface area contributed by atoms with Crippen molar-refractivity contribution in [1.82, 2.24) is 0 Å². The summed E-state index contributed by atoms with van der Waals surface area (Å²) in [4.78, 5) is 0. The highest BCUT2D eigenvalue weighted by atomic mass is 32.2. The SMILES string of the molecule is CCC(C)S.CCC(C)S.CCC(C)S.CCCCSCCC(C)S. The van der Waals surface area contributed by atoms with Crippen molar-refractivity contribution in [2.45, 2.75) is 115 Å². The fourth-order valence-corrected chi connectivity index (χ4v) is 2.12. The van der Waals surface area contributed by atoms with E-state index >= 15 is 0 Å². The molecule has 0 aliphatic heterocycles. The van der Waals surface area contributed by atoms with Crippen molar-refractivity contribution in [2.24, 2.45) is 0 Å². The maximum atomic E-state index is 4.31. The van der Waals surface area contributed by atoms with E-state index in [1.165, 1.54) is 50.0 Å². The van der Waals surface area contributed by atoms with Crippen molar-refractivity contribution >= 4 is 62.3 Å². The number of thiol groups is 4. The monoisotopic (exact) mass is 448 g/mol. The van der Waals surface area contributed by atoms with Crippen LogP contribution in [0.25, 0.3) is 0 Å². The van der Waals surface area contributed by atoms with Gasteiger partial charge in [0.05, 0.1) is 0 Å². The van der Waals surface area contributed by atoms with Crippen LogP contribution in [-0.2, 0) is 0 Å². The van der Waals surface area contributed by atoms with Gasteiger partial charge < -0.3 is 0 Å². The van der Waals surface area contributed by atoms with Crippen LogP contribution < -0.4 is 0 Å². The summed E-state index contributed by atoms with van der Waals surface area (Å²) in [7, 11) is 0. The summed E-state index contributed by atoms with van der Waals surface area (Å²) in [6.45, 7) is 17.0. The number of hydrogen-bond acceptors (Lipinski definition) is 5. The summed E-state index contributed by atoms with van der Waals surface area (Å²) in [5.74, 6) is 2.61. The molecule has 0 aromatic heterocycles. The zero-order valence-corrected chi connectivity index (χ0v) is 22.6. The third kappa shape index (κ3) is 66.8. The van der Waals surface area contributed by atoms with E-state index in [4.69, 9.17) is 0 Å². The van der Waals surface area contributed by atoms with Crippen LogP contribution in [0, 0.1) is 0 Å². The predicted octanol–water partition coefficient (Wildman–Crippen LogP) is 8.37. The molecule has 0 aromatic carbocycles. The highest BCUT2D eigenvalue weighted by Crippen LogP contribution is 2.09. The van der Waals surface area contributed by atoms with E-state index in [1.807, 2.05) is 0 Å². The molecule has 0 nitrogen and oxygen atoms in total. The third-order valence-corrected chi connectivity index (χ3v) is 5.55. The topological polar surface area (TPSA) is 0 Å². The van der Waals surface area contributed by atoms with E-state index in [0.29, 0.717) is 21.0 Å². The van der Waals surface area contributed by atoms with Gasteiger partial charge in [0, 0.05) is 0 Å². The van der Waals surface area contributed by atoms with Gasteiger partial charge in [-0.25, -0.2) is 0 Å². The Morgan fingerprint density at radius 2 is 0.920 bits per heavy atom. The average molecular weight is 449 g/mol.